The second kappa shape index (κ2) is 7.13. The normalized spacial score (nSPS) is 10.3. The van der Waals surface area contributed by atoms with Crippen LogP contribution in [0.25, 0.3) is 0 Å². The molecule has 0 fully saturated rings. The molecule has 5 nitrogen and oxygen atoms in total. The standard InChI is InChI=1S/C15H18ClN3O2/c1-4-7-17-14-13(20-3)15(19-9-18-14)21-12-8-11(16)6-5-10(12)2/h5-6,8-9H,4,7H2,1-3H3,(H,17,18,19). The molecule has 1 aromatic carbocycles. The van der Waals surface area contributed by atoms with Gasteiger partial charge in [-0.1, -0.05) is 24.6 Å². The quantitative estimate of drug-likeness (QED) is 0.872. The molecule has 1 N–H and O–H groups in total. The number of anilines is 1. The van der Waals surface area contributed by atoms with Gasteiger partial charge >= 0.3 is 0 Å². The SMILES string of the molecule is CCCNc1ncnc(Oc2cc(Cl)ccc2C)c1OC. The fraction of sp³-hybridized carbons (Fsp3) is 0.333. The van der Waals surface area contributed by atoms with Crippen LogP contribution < -0.4 is 14.8 Å². The summed E-state index contributed by atoms with van der Waals surface area (Å²) in [6.07, 6.45) is 2.42. The number of benzene rings is 1. The van der Waals surface area contributed by atoms with E-state index in [1.807, 2.05) is 19.1 Å². The largest absolute Gasteiger partial charge is 0.489 e. The van der Waals surface area contributed by atoms with Gasteiger partial charge in [-0.05, 0) is 31.0 Å². The minimum Gasteiger partial charge on any atom is -0.489 e. The fourth-order valence-electron chi connectivity index (χ4n) is 1.77. The van der Waals surface area contributed by atoms with E-state index < -0.39 is 0 Å². The number of aromatic nitrogens is 2. The van der Waals surface area contributed by atoms with Crippen molar-refractivity contribution < 1.29 is 9.47 Å². The zero-order valence-corrected chi connectivity index (χ0v) is 13.1. The molecule has 0 atom stereocenters. The highest BCUT2D eigenvalue weighted by Gasteiger charge is 2.15. The second-order valence-electron chi connectivity index (χ2n) is 4.50. The van der Waals surface area contributed by atoms with Crippen LogP contribution in [0.4, 0.5) is 5.82 Å². The lowest BCUT2D eigenvalue weighted by Crippen LogP contribution is -2.06. The molecule has 0 radical (unpaired) electrons. The van der Waals surface area contributed by atoms with Gasteiger partial charge in [-0.3, -0.25) is 0 Å². The topological polar surface area (TPSA) is 56.3 Å². The molecule has 0 bridgehead atoms. The lowest BCUT2D eigenvalue weighted by atomic mass is 10.2. The fourth-order valence-corrected chi connectivity index (χ4v) is 1.93. The van der Waals surface area contributed by atoms with E-state index in [1.165, 1.54) is 6.33 Å². The zero-order chi connectivity index (χ0) is 15.2. The van der Waals surface area contributed by atoms with Crippen LogP contribution in [0.5, 0.6) is 17.4 Å². The molecule has 2 rings (SSSR count). The average molecular weight is 308 g/mol. The first kappa shape index (κ1) is 15.4. The summed E-state index contributed by atoms with van der Waals surface area (Å²) < 4.78 is 11.2. The minimum absolute atomic E-state index is 0.358. The number of hydrogen-bond donors (Lipinski definition) is 1. The first-order valence-electron chi connectivity index (χ1n) is 6.72. The molecule has 1 heterocycles. The molecule has 0 saturated carbocycles. The van der Waals surface area contributed by atoms with Crippen molar-refractivity contribution >= 4 is 17.4 Å². The maximum absolute atomic E-state index is 6.00. The third-order valence-corrected chi connectivity index (χ3v) is 3.11. The van der Waals surface area contributed by atoms with Crippen LogP contribution >= 0.6 is 11.6 Å². The Kier molecular flexibility index (Phi) is 5.22. The maximum Gasteiger partial charge on any atom is 0.268 e. The molecular formula is C15H18ClN3O2. The van der Waals surface area contributed by atoms with Crippen molar-refractivity contribution in [3.63, 3.8) is 0 Å². The Bertz CT molecular complexity index is 620. The number of hydrogen-bond acceptors (Lipinski definition) is 5. The molecule has 0 aliphatic rings. The van der Waals surface area contributed by atoms with Gasteiger partial charge < -0.3 is 14.8 Å². The number of methoxy groups -OCH3 is 1. The van der Waals surface area contributed by atoms with Crippen molar-refractivity contribution in [2.45, 2.75) is 20.3 Å². The van der Waals surface area contributed by atoms with Crippen LogP contribution in [0.3, 0.4) is 0 Å². The molecule has 0 saturated heterocycles. The van der Waals surface area contributed by atoms with Crippen LogP contribution in [0.15, 0.2) is 24.5 Å². The predicted octanol–water partition coefficient (Wildman–Crippen LogP) is 4.06. The smallest absolute Gasteiger partial charge is 0.268 e. The van der Waals surface area contributed by atoms with Crippen molar-refractivity contribution in [3.05, 3.63) is 35.1 Å². The molecule has 21 heavy (non-hydrogen) atoms. The molecule has 0 aliphatic heterocycles. The van der Waals surface area contributed by atoms with Gasteiger partial charge in [0.1, 0.15) is 12.1 Å². The van der Waals surface area contributed by atoms with E-state index in [0.717, 1.165) is 18.5 Å². The summed E-state index contributed by atoms with van der Waals surface area (Å²) in [6, 6.07) is 5.45. The first-order chi connectivity index (χ1) is 10.2. The Hall–Kier alpha value is -2.01. The van der Waals surface area contributed by atoms with Crippen molar-refractivity contribution in [1.82, 2.24) is 9.97 Å². The predicted molar refractivity (Wildman–Crippen MR) is 83.6 cm³/mol. The molecular weight excluding hydrogens is 290 g/mol. The summed E-state index contributed by atoms with van der Waals surface area (Å²) in [5.74, 6) is 2.09. The van der Waals surface area contributed by atoms with E-state index in [0.29, 0.717) is 28.2 Å². The molecule has 0 unspecified atom stereocenters. The third-order valence-electron chi connectivity index (χ3n) is 2.87. The molecule has 0 amide bonds. The number of halogens is 1. The van der Waals surface area contributed by atoms with Gasteiger partial charge in [-0.2, -0.15) is 4.98 Å². The van der Waals surface area contributed by atoms with E-state index in [4.69, 9.17) is 21.1 Å². The van der Waals surface area contributed by atoms with Crippen molar-refractivity contribution in [2.24, 2.45) is 0 Å². The number of aryl methyl sites for hydroxylation is 1. The zero-order valence-electron chi connectivity index (χ0n) is 12.3. The van der Waals surface area contributed by atoms with Crippen LogP contribution in [-0.2, 0) is 0 Å². The Morgan fingerprint density at radius 1 is 1.29 bits per heavy atom. The van der Waals surface area contributed by atoms with Crippen LogP contribution in [0.2, 0.25) is 5.02 Å². The molecule has 1 aromatic heterocycles. The Morgan fingerprint density at radius 3 is 2.81 bits per heavy atom. The van der Waals surface area contributed by atoms with Crippen LogP contribution in [-0.4, -0.2) is 23.6 Å². The van der Waals surface area contributed by atoms with Gasteiger partial charge in [-0.15, -0.1) is 0 Å². The van der Waals surface area contributed by atoms with Crippen LogP contribution in [0, 0.1) is 6.92 Å². The third kappa shape index (κ3) is 3.76. The van der Waals surface area contributed by atoms with E-state index in [9.17, 15) is 0 Å². The van der Waals surface area contributed by atoms with E-state index >= 15 is 0 Å². The van der Waals surface area contributed by atoms with E-state index in [-0.39, 0.29) is 0 Å². The number of nitrogens with one attached hydrogen (secondary N) is 1. The Morgan fingerprint density at radius 2 is 2.10 bits per heavy atom. The summed E-state index contributed by atoms with van der Waals surface area (Å²) in [7, 11) is 1.56. The van der Waals surface area contributed by atoms with E-state index in [1.54, 1.807) is 13.2 Å². The lowest BCUT2D eigenvalue weighted by molar-refractivity contribution is 0.368. The summed E-state index contributed by atoms with van der Waals surface area (Å²) >= 11 is 6.00. The second-order valence-corrected chi connectivity index (χ2v) is 4.94. The van der Waals surface area contributed by atoms with Crippen molar-refractivity contribution in [1.29, 1.82) is 0 Å². The average Bonchev–Trinajstić information content (AvgIpc) is 2.49. The molecule has 6 heteroatoms. The van der Waals surface area contributed by atoms with Gasteiger partial charge in [0, 0.05) is 11.6 Å². The Balaban J connectivity index is 2.33. The Labute approximate surface area is 129 Å². The van der Waals surface area contributed by atoms with Gasteiger partial charge in [0.15, 0.2) is 5.82 Å². The lowest BCUT2D eigenvalue weighted by Gasteiger charge is -2.14. The molecule has 112 valence electrons. The summed E-state index contributed by atoms with van der Waals surface area (Å²) in [4.78, 5) is 8.32. The van der Waals surface area contributed by atoms with Crippen LogP contribution in [0.1, 0.15) is 18.9 Å². The van der Waals surface area contributed by atoms with Crippen molar-refractivity contribution in [2.75, 3.05) is 19.0 Å². The highest BCUT2D eigenvalue weighted by atomic mass is 35.5. The summed E-state index contributed by atoms with van der Waals surface area (Å²) in [5.41, 5.74) is 0.961. The highest BCUT2D eigenvalue weighted by molar-refractivity contribution is 6.30. The maximum atomic E-state index is 6.00. The summed E-state index contributed by atoms with van der Waals surface area (Å²) in [6.45, 7) is 4.81. The van der Waals surface area contributed by atoms with E-state index in [2.05, 4.69) is 22.2 Å². The van der Waals surface area contributed by atoms with Gasteiger partial charge in [0.25, 0.3) is 5.88 Å². The highest BCUT2D eigenvalue weighted by Crippen LogP contribution is 2.35. The number of nitrogens with zero attached hydrogens (tertiary/aromatic N) is 2. The molecule has 0 aliphatic carbocycles. The van der Waals surface area contributed by atoms with Gasteiger partial charge in [-0.25, -0.2) is 4.98 Å². The molecule has 2 aromatic rings. The van der Waals surface area contributed by atoms with Gasteiger partial charge in [0.2, 0.25) is 5.75 Å². The summed E-state index contributed by atoms with van der Waals surface area (Å²) in [5, 5.41) is 3.79. The van der Waals surface area contributed by atoms with Crippen molar-refractivity contribution in [3.8, 4) is 17.4 Å². The van der Waals surface area contributed by atoms with Gasteiger partial charge in [0.05, 0.1) is 7.11 Å². The number of rotatable bonds is 6. The minimum atomic E-state index is 0.358. The monoisotopic (exact) mass is 307 g/mol. The first-order valence-corrected chi connectivity index (χ1v) is 7.10. The molecule has 0 spiro atoms. The number of ether oxygens (including phenoxy) is 2.